The number of nitrogens with zero attached hydrogens (tertiary/aromatic N) is 3. The molecule has 4 rings (SSSR count). The molecule has 2 heterocycles. The summed E-state index contributed by atoms with van der Waals surface area (Å²) in [6, 6.07) is 13.2. The molecular formula is C22H27N3O3S. The van der Waals surface area contributed by atoms with Crippen LogP contribution in [0.5, 0.6) is 5.75 Å². The highest BCUT2D eigenvalue weighted by Crippen LogP contribution is 2.28. The Bertz CT molecular complexity index is 1130. The van der Waals surface area contributed by atoms with Gasteiger partial charge in [-0.1, -0.05) is 12.1 Å². The van der Waals surface area contributed by atoms with Gasteiger partial charge in [0.05, 0.1) is 23.0 Å². The number of imidazole rings is 1. The van der Waals surface area contributed by atoms with Crippen LogP contribution in [0.2, 0.25) is 0 Å². The molecule has 0 amide bonds. The summed E-state index contributed by atoms with van der Waals surface area (Å²) in [6.07, 6.45) is 1.70. The number of para-hydroxylation sites is 2. The number of hydrogen-bond acceptors (Lipinski definition) is 4. The Balaban J connectivity index is 1.46. The van der Waals surface area contributed by atoms with E-state index in [2.05, 4.69) is 15.6 Å². The number of hydrogen-bond donors (Lipinski definition) is 0. The Hall–Kier alpha value is -2.38. The van der Waals surface area contributed by atoms with Crippen molar-refractivity contribution in [2.24, 2.45) is 5.92 Å². The summed E-state index contributed by atoms with van der Waals surface area (Å²) in [5, 5.41) is 0. The lowest BCUT2D eigenvalue weighted by atomic mass is 9.98. The van der Waals surface area contributed by atoms with Crippen LogP contribution in [0.1, 0.15) is 24.2 Å². The molecule has 0 atom stereocenters. The molecular weight excluding hydrogens is 386 g/mol. The Morgan fingerprint density at radius 2 is 1.83 bits per heavy atom. The van der Waals surface area contributed by atoms with Crippen molar-refractivity contribution in [1.82, 2.24) is 13.9 Å². The van der Waals surface area contributed by atoms with Gasteiger partial charge in [-0.25, -0.2) is 13.4 Å². The highest BCUT2D eigenvalue weighted by atomic mass is 32.2. The van der Waals surface area contributed by atoms with Gasteiger partial charge in [0.25, 0.3) is 0 Å². The van der Waals surface area contributed by atoms with Gasteiger partial charge in [-0.15, -0.1) is 0 Å². The molecule has 0 bridgehead atoms. The Kier molecular flexibility index (Phi) is 5.36. The molecule has 3 aromatic rings. The molecule has 6 nitrogen and oxygen atoms in total. The summed E-state index contributed by atoms with van der Waals surface area (Å²) in [5.41, 5.74) is 2.99. The molecule has 1 aromatic heterocycles. The summed E-state index contributed by atoms with van der Waals surface area (Å²) < 4.78 is 35.2. The standard InChI is InChI=1S/C22H27N3O3S/c1-16-14-19(8-9-22(16)28-3)29(26,27)24-12-10-18(11-13-24)15-25-17(2)23-20-6-4-5-7-21(20)25/h4-9,14,18H,10-13,15H2,1-3H3. The van der Waals surface area contributed by atoms with E-state index in [0.717, 1.165) is 41.8 Å². The molecule has 29 heavy (non-hydrogen) atoms. The normalized spacial score (nSPS) is 16.4. The topological polar surface area (TPSA) is 64.4 Å². The fourth-order valence-electron chi connectivity index (χ4n) is 4.18. The SMILES string of the molecule is COc1ccc(S(=O)(=O)N2CCC(Cn3c(C)nc4ccccc43)CC2)cc1C. The van der Waals surface area contributed by atoms with Crippen LogP contribution >= 0.6 is 0 Å². The predicted octanol–water partition coefficient (Wildman–Crippen LogP) is 3.76. The minimum Gasteiger partial charge on any atom is -0.496 e. The van der Waals surface area contributed by atoms with Crippen LogP contribution in [0.3, 0.4) is 0 Å². The van der Waals surface area contributed by atoms with Crippen LogP contribution in [-0.4, -0.2) is 42.5 Å². The van der Waals surface area contributed by atoms with Crippen LogP contribution in [0.4, 0.5) is 0 Å². The van der Waals surface area contributed by atoms with E-state index in [1.165, 1.54) is 0 Å². The van der Waals surface area contributed by atoms with Gasteiger partial charge in [0.15, 0.2) is 0 Å². The second kappa shape index (κ2) is 7.80. The molecule has 0 radical (unpaired) electrons. The molecule has 154 valence electrons. The smallest absolute Gasteiger partial charge is 0.243 e. The number of aryl methyl sites for hydroxylation is 2. The Morgan fingerprint density at radius 1 is 1.10 bits per heavy atom. The van der Waals surface area contributed by atoms with Gasteiger partial charge < -0.3 is 9.30 Å². The number of benzene rings is 2. The van der Waals surface area contributed by atoms with E-state index in [4.69, 9.17) is 4.74 Å². The maximum Gasteiger partial charge on any atom is 0.243 e. The van der Waals surface area contributed by atoms with Crippen molar-refractivity contribution >= 4 is 21.1 Å². The van der Waals surface area contributed by atoms with Crippen molar-refractivity contribution in [2.75, 3.05) is 20.2 Å². The molecule has 7 heteroatoms. The maximum atomic E-state index is 13.1. The number of piperidine rings is 1. The molecule has 2 aromatic carbocycles. The number of ether oxygens (including phenoxy) is 1. The third-order valence-corrected chi connectivity index (χ3v) is 7.76. The molecule has 0 saturated carbocycles. The zero-order valence-corrected chi connectivity index (χ0v) is 17.9. The minimum atomic E-state index is -3.48. The van der Waals surface area contributed by atoms with Crippen molar-refractivity contribution in [3.05, 3.63) is 53.9 Å². The molecule has 0 aliphatic carbocycles. The Labute approximate surface area is 172 Å². The average Bonchev–Trinajstić information content (AvgIpc) is 3.03. The first-order chi connectivity index (χ1) is 13.9. The summed E-state index contributed by atoms with van der Waals surface area (Å²) in [6.45, 7) is 5.86. The summed E-state index contributed by atoms with van der Waals surface area (Å²) in [4.78, 5) is 4.98. The number of aromatic nitrogens is 2. The van der Waals surface area contributed by atoms with Gasteiger partial charge in [-0.05, 0) is 68.5 Å². The van der Waals surface area contributed by atoms with E-state index in [9.17, 15) is 8.42 Å². The molecule has 0 unspecified atom stereocenters. The highest BCUT2D eigenvalue weighted by molar-refractivity contribution is 7.89. The van der Waals surface area contributed by atoms with Gasteiger partial charge in [0.2, 0.25) is 10.0 Å². The van der Waals surface area contributed by atoms with Crippen molar-refractivity contribution < 1.29 is 13.2 Å². The van der Waals surface area contributed by atoms with E-state index in [1.54, 1.807) is 29.6 Å². The van der Waals surface area contributed by atoms with E-state index >= 15 is 0 Å². The van der Waals surface area contributed by atoms with Gasteiger partial charge in [-0.2, -0.15) is 4.31 Å². The molecule has 0 spiro atoms. The van der Waals surface area contributed by atoms with Crippen LogP contribution in [0, 0.1) is 19.8 Å². The lowest BCUT2D eigenvalue weighted by Crippen LogP contribution is -2.39. The average molecular weight is 414 g/mol. The number of rotatable bonds is 5. The Morgan fingerprint density at radius 3 is 2.52 bits per heavy atom. The largest absolute Gasteiger partial charge is 0.496 e. The van der Waals surface area contributed by atoms with Gasteiger partial charge in [0.1, 0.15) is 11.6 Å². The molecule has 0 N–H and O–H groups in total. The number of sulfonamides is 1. The lowest BCUT2D eigenvalue weighted by molar-refractivity contribution is 0.253. The van der Waals surface area contributed by atoms with Crippen LogP contribution < -0.4 is 4.74 Å². The maximum absolute atomic E-state index is 13.1. The van der Waals surface area contributed by atoms with E-state index in [-0.39, 0.29) is 0 Å². The summed E-state index contributed by atoms with van der Waals surface area (Å²) in [5.74, 6) is 2.15. The third-order valence-electron chi connectivity index (χ3n) is 5.86. The van der Waals surface area contributed by atoms with E-state index < -0.39 is 10.0 Å². The van der Waals surface area contributed by atoms with Crippen LogP contribution in [-0.2, 0) is 16.6 Å². The first kappa shape index (κ1) is 19.9. The summed E-state index contributed by atoms with van der Waals surface area (Å²) in [7, 11) is -1.89. The monoisotopic (exact) mass is 413 g/mol. The quantitative estimate of drug-likeness (QED) is 0.639. The third kappa shape index (κ3) is 3.76. The van der Waals surface area contributed by atoms with E-state index in [1.807, 2.05) is 32.0 Å². The molecule has 1 aliphatic rings. The number of methoxy groups -OCH3 is 1. The first-order valence-corrected chi connectivity index (χ1v) is 11.4. The minimum absolute atomic E-state index is 0.339. The second-order valence-electron chi connectivity index (χ2n) is 7.74. The molecule has 1 saturated heterocycles. The first-order valence-electron chi connectivity index (χ1n) is 9.97. The van der Waals surface area contributed by atoms with Gasteiger partial charge in [0, 0.05) is 19.6 Å². The molecule has 1 aliphatic heterocycles. The summed E-state index contributed by atoms with van der Waals surface area (Å²) >= 11 is 0. The van der Waals surface area contributed by atoms with E-state index in [0.29, 0.717) is 29.7 Å². The zero-order chi connectivity index (χ0) is 20.6. The number of fused-ring (bicyclic) bond motifs is 1. The van der Waals surface area contributed by atoms with Gasteiger partial charge in [-0.3, -0.25) is 0 Å². The van der Waals surface area contributed by atoms with Crippen molar-refractivity contribution in [2.45, 2.75) is 38.1 Å². The fourth-order valence-corrected chi connectivity index (χ4v) is 5.73. The lowest BCUT2D eigenvalue weighted by Gasteiger charge is -2.31. The van der Waals surface area contributed by atoms with Crippen LogP contribution in [0.15, 0.2) is 47.4 Å². The van der Waals surface area contributed by atoms with Crippen molar-refractivity contribution in [3.63, 3.8) is 0 Å². The van der Waals surface area contributed by atoms with Crippen molar-refractivity contribution in [3.8, 4) is 5.75 Å². The second-order valence-corrected chi connectivity index (χ2v) is 9.68. The molecule has 1 fully saturated rings. The fraction of sp³-hybridized carbons (Fsp3) is 0.409. The van der Waals surface area contributed by atoms with Gasteiger partial charge >= 0.3 is 0 Å². The highest BCUT2D eigenvalue weighted by Gasteiger charge is 2.30. The predicted molar refractivity (Wildman–Crippen MR) is 114 cm³/mol. The zero-order valence-electron chi connectivity index (χ0n) is 17.1. The van der Waals surface area contributed by atoms with Crippen LogP contribution in [0.25, 0.3) is 11.0 Å². The van der Waals surface area contributed by atoms with Crippen molar-refractivity contribution in [1.29, 1.82) is 0 Å².